The van der Waals surface area contributed by atoms with Gasteiger partial charge in [-0.3, -0.25) is 0 Å². The Bertz CT molecular complexity index is 1410. The van der Waals surface area contributed by atoms with E-state index in [4.69, 9.17) is 0 Å². The molecular formula is C36H48Cl3N3SiTi. The minimum atomic E-state index is -2.81. The fourth-order valence-electron chi connectivity index (χ4n) is 6.43. The summed E-state index contributed by atoms with van der Waals surface area (Å²) in [5, 5.41) is 5.87. The van der Waals surface area contributed by atoms with Crippen LogP contribution in [0.2, 0.25) is 0 Å². The summed E-state index contributed by atoms with van der Waals surface area (Å²) in [6.45, 7) is 16.1. The van der Waals surface area contributed by atoms with Crippen molar-refractivity contribution in [3.05, 3.63) is 93.5 Å². The summed E-state index contributed by atoms with van der Waals surface area (Å²) >= 11 is 0. The predicted octanol–water partition coefficient (Wildman–Crippen LogP) is -3.85. The van der Waals surface area contributed by atoms with Gasteiger partial charge in [0, 0.05) is 59.3 Å². The molecule has 44 heavy (non-hydrogen) atoms. The molecule has 3 nitrogen and oxygen atoms in total. The molecule has 0 aliphatic rings. The number of nitrogens with zero attached hydrogens (tertiary/aromatic N) is 3. The van der Waals surface area contributed by atoms with Gasteiger partial charge in [0.1, 0.15) is 0 Å². The van der Waals surface area contributed by atoms with Crippen molar-refractivity contribution in [2.75, 3.05) is 57.0 Å². The van der Waals surface area contributed by atoms with Crippen molar-refractivity contribution in [3.8, 4) is 0 Å². The molecule has 4 aromatic rings. The molecule has 0 radical (unpaired) electrons. The molecule has 4 rings (SSSR count). The van der Waals surface area contributed by atoms with E-state index >= 15 is 0 Å². The molecule has 0 amide bonds. The van der Waals surface area contributed by atoms with Gasteiger partial charge in [-0.15, -0.1) is 0 Å². The Balaban J connectivity index is 0.00000462. The van der Waals surface area contributed by atoms with Gasteiger partial charge in [-0.1, -0.05) is 45.9 Å². The van der Waals surface area contributed by atoms with Crippen LogP contribution in [0.3, 0.4) is 0 Å². The van der Waals surface area contributed by atoms with Crippen LogP contribution >= 0.6 is 0 Å². The predicted molar refractivity (Wildman–Crippen MR) is 182 cm³/mol. The Kier molecular flexibility index (Phi) is 15.5. The molecule has 0 bridgehead atoms. The van der Waals surface area contributed by atoms with E-state index in [9.17, 15) is 0 Å². The topological polar surface area (TPSA) is 9.72 Å². The maximum absolute atomic E-state index is 2.81. The third-order valence-electron chi connectivity index (χ3n) is 8.85. The van der Waals surface area contributed by atoms with E-state index in [0.717, 1.165) is 0 Å². The van der Waals surface area contributed by atoms with E-state index in [-0.39, 0.29) is 58.9 Å². The van der Waals surface area contributed by atoms with E-state index in [2.05, 4.69) is 160 Å². The first-order chi connectivity index (χ1) is 18.7. The Morgan fingerprint density at radius 1 is 0.477 bits per heavy atom. The standard InChI is InChI=1S/C36H48N3Si.3ClH.Ti/c1-23-14-30(37(8)9)20-33(17-23)40(36-28(6)26(4)27(5)29(36)7,34-18-24(2)15-31(21-34)38(10)11)35-19-25(3)16-32(22-35)39(12)13;;;;/h14-22H,1-13H3;3*1H;/q-1;;;;+4/p-3. The van der Waals surface area contributed by atoms with Gasteiger partial charge in [0.25, 0.3) is 0 Å². The Morgan fingerprint density at radius 3 is 1.00 bits per heavy atom. The van der Waals surface area contributed by atoms with Crippen LogP contribution in [0.5, 0.6) is 0 Å². The fraction of sp³-hybridized carbons (Fsp3) is 0.361. The molecule has 0 N–H and O–H groups in total. The van der Waals surface area contributed by atoms with Crippen molar-refractivity contribution < 1.29 is 58.9 Å². The van der Waals surface area contributed by atoms with Gasteiger partial charge in [-0.25, -0.2) is 0 Å². The van der Waals surface area contributed by atoms with Crippen LogP contribution in [0.4, 0.5) is 17.1 Å². The molecule has 0 spiro atoms. The van der Waals surface area contributed by atoms with Crippen molar-refractivity contribution >= 4 is 45.9 Å². The molecule has 0 saturated carbocycles. The van der Waals surface area contributed by atoms with E-state index in [0.29, 0.717) is 0 Å². The van der Waals surface area contributed by atoms with E-state index in [1.54, 1.807) is 5.19 Å². The van der Waals surface area contributed by atoms with E-state index in [1.165, 1.54) is 71.6 Å². The second-order valence-corrected chi connectivity index (χ2v) is 16.2. The van der Waals surface area contributed by atoms with E-state index < -0.39 is 8.07 Å². The molecule has 0 unspecified atom stereocenters. The SMILES string of the molecule is Cc1cc(N(C)C)cc([Si](c2cc(C)cc(N(C)C)c2)(c2cc(C)cc(N(C)C)c2)c2c(C)c(C)c(C)[c-]2C)c1.[Cl-].[Cl-].[Cl-].[Ti+4]. The summed E-state index contributed by atoms with van der Waals surface area (Å²) in [5.41, 5.74) is 13.4. The van der Waals surface area contributed by atoms with E-state index in [1.807, 2.05) is 0 Å². The summed E-state index contributed by atoms with van der Waals surface area (Å²) in [7, 11) is 10.1. The number of anilines is 3. The van der Waals surface area contributed by atoms with Gasteiger partial charge < -0.3 is 51.9 Å². The van der Waals surface area contributed by atoms with Crippen molar-refractivity contribution in [2.45, 2.75) is 48.5 Å². The molecule has 0 heterocycles. The minimum absolute atomic E-state index is 0. The first kappa shape index (κ1) is 42.2. The first-order valence-electron chi connectivity index (χ1n) is 14.3. The molecule has 0 saturated heterocycles. The summed E-state index contributed by atoms with van der Waals surface area (Å²) < 4.78 is 0. The molecular weight excluding hydrogens is 657 g/mol. The van der Waals surface area contributed by atoms with Crippen LogP contribution in [0.15, 0.2) is 54.6 Å². The number of hydrogen-bond acceptors (Lipinski definition) is 3. The maximum Gasteiger partial charge on any atom is 4.00 e. The summed E-state index contributed by atoms with van der Waals surface area (Å²) in [6.07, 6.45) is 0. The van der Waals surface area contributed by atoms with Crippen LogP contribution in [-0.2, 0) is 21.7 Å². The second-order valence-electron chi connectivity index (χ2n) is 12.5. The van der Waals surface area contributed by atoms with Gasteiger partial charge in [0.05, 0.1) is 0 Å². The number of hydrogen-bond donors (Lipinski definition) is 0. The van der Waals surface area contributed by atoms with Gasteiger partial charge in [0.2, 0.25) is 0 Å². The summed E-state index contributed by atoms with van der Waals surface area (Å²) in [4.78, 5) is 6.75. The van der Waals surface area contributed by atoms with Crippen molar-refractivity contribution in [1.82, 2.24) is 0 Å². The van der Waals surface area contributed by atoms with Crippen molar-refractivity contribution in [1.29, 1.82) is 0 Å². The number of halogens is 3. The Morgan fingerprint density at radius 2 is 0.773 bits per heavy atom. The molecule has 0 aromatic heterocycles. The summed E-state index contributed by atoms with van der Waals surface area (Å²) in [6, 6.07) is 21.8. The monoisotopic (exact) mass is 703 g/mol. The number of rotatable bonds is 7. The number of benzene rings is 3. The minimum Gasteiger partial charge on any atom is -1.00 e. The zero-order valence-electron chi connectivity index (χ0n) is 28.7. The van der Waals surface area contributed by atoms with Crippen LogP contribution in [-0.4, -0.2) is 50.4 Å². The van der Waals surface area contributed by atoms with Crippen LogP contribution < -0.4 is 72.7 Å². The Hall–Kier alpha value is -1.79. The molecule has 236 valence electrons. The smallest absolute Gasteiger partial charge is 1.00 e. The maximum atomic E-state index is 2.48. The molecule has 4 aromatic carbocycles. The third kappa shape index (κ3) is 7.60. The molecule has 0 fully saturated rings. The van der Waals surface area contributed by atoms with Crippen LogP contribution in [0.25, 0.3) is 0 Å². The fourth-order valence-corrected chi connectivity index (χ4v) is 12.2. The van der Waals surface area contributed by atoms with Crippen molar-refractivity contribution in [3.63, 3.8) is 0 Å². The zero-order valence-corrected chi connectivity index (χ0v) is 33.5. The Labute approximate surface area is 301 Å². The van der Waals surface area contributed by atoms with Crippen molar-refractivity contribution in [2.24, 2.45) is 0 Å². The summed E-state index contributed by atoms with van der Waals surface area (Å²) in [5.74, 6) is 0. The van der Waals surface area contributed by atoms with Gasteiger partial charge in [-0.05, 0) is 89.4 Å². The average Bonchev–Trinajstić information content (AvgIpc) is 3.06. The van der Waals surface area contributed by atoms with Crippen LogP contribution in [0, 0.1) is 48.5 Å². The normalized spacial score (nSPS) is 10.6. The van der Waals surface area contributed by atoms with Crippen LogP contribution in [0.1, 0.15) is 38.9 Å². The molecule has 8 heteroatoms. The first-order valence-corrected chi connectivity index (χ1v) is 16.3. The molecule has 0 atom stereocenters. The molecule has 0 aliphatic heterocycles. The third-order valence-corrected chi connectivity index (χ3v) is 13.8. The molecule has 0 aliphatic carbocycles. The van der Waals surface area contributed by atoms with Gasteiger partial charge in [-0.2, -0.15) is 27.4 Å². The second kappa shape index (κ2) is 16.2. The van der Waals surface area contributed by atoms with Gasteiger partial charge in [0.15, 0.2) is 8.07 Å². The quantitative estimate of drug-likeness (QED) is 0.111. The largest absolute Gasteiger partial charge is 4.00 e. The van der Waals surface area contributed by atoms with Gasteiger partial charge >= 0.3 is 21.7 Å². The zero-order chi connectivity index (χ0) is 29.7. The number of aryl methyl sites for hydroxylation is 3. The average molecular weight is 705 g/mol.